The van der Waals surface area contributed by atoms with Gasteiger partial charge >= 0.3 is 0 Å². The van der Waals surface area contributed by atoms with Crippen molar-refractivity contribution >= 4 is 35.8 Å². The van der Waals surface area contributed by atoms with Crippen molar-refractivity contribution in [3.8, 4) is 0 Å². The van der Waals surface area contributed by atoms with E-state index >= 15 is 0 Å². The van der Waals surface area contributed by atoms with Crippen LogP contribution in [0.15, 0.2) is 59.7 Å². The highest BCUT2D eigenvalue weighted by atomic mass is 127. The molecule has 33 heavy (non-hydrogen) atoms. The summed E-state index contributed by atoms with van der Waals surface area (Å²) < 4.78 is 6.15. The number of hydrogen-bond donors (Lipinski definition) is 2. The molecule has 0 bridgehead atoms. The first-order valence-electron chi connectivity index (χ1n) is 11.9. The molecular weight excluding hydrogens is 527 g/mol. The van der Waals surface area contributed by atoms with Crippen molar-refractivity contribution in [1.82, 2.24) is 20.1 Å². The fourth-order valence-corrected chi connectivity index (χ4v) is 4.48. The molecule has 1 aromatic heterocycles. The molecule has 180 valence electrons. The van der Waals surface area contributed by atoms with Crippen LogP contribution in [-0.2, 0) is 11.3 Å². The van der Waals surface area contributed by atoms with Crippen LogP contribution < -0.4 is 10.6 Å². The summed E-state index contributed by atoms with van der Waals surface area (Å²) in [4.78, 5) is 14.2. The first kappa shape index (κ1) is 25.7. The molecular formula is C25H37IN6O. The molecule has 2 aliphatic heterocycles. The molecule has 2 unspecified atom stereocenters. The van der Waals surface area contributed by atoms with Gasteiger partial charge in [0.2, 0.25) is 0 Å². The van der Waals surface area contributed by atoms with E-state index in [2.05, 4.69) is 62.7 Å². The maximum Gasteiger partial charge on any atom is 0.194 e. The number of benzene rings is 1. The maximum atomic E-state index is 6.15. The average molecular weight is 565 g/mol. The lowest BCUT2D eigenvalue weighted by atomic mass is 10.1. The lowest BCUT2D eigenvalue weighted by Crippen LogP contribution is -2.50. The highest BCUT2D eigenvalue weighted by Crippen LogP contribution is 2.24. The number of morpholine rings is 1. The largest absolute Gasteiger partial charge is 0.373 e. The molecule has 8 heteroatoms. The zero-order chi connectivity index (χ0) is 22.0. The summed E-state index contributed by atoms with van der Waals surface area (Å²) in [5, 5.41) is 6.86. The number of aliphatic imine (C=N–C) groups is 1. The monoisotopic (exact) mass is 564 g/mol. The number of guanidine groups is 1. The van der Waals surface area contributed by atoms with E-state index in [4.69, 9.17) is 9.73 Å². The van der Waals surface area contributed by atoms with Gasteiger partial charge in [-0.15, -0.1) is 24.0 Å². The summed E-state index contributed by atoms with van der Waals surface area (Å²) in [5.74, 6) is 1.95. The number of likely N-dealkylation sites (tertiary alicyclic amines) is 1. The predicted octanol–water partition coefficient (Wildman–Crippen LogP) is 3.44. The number of ether oxygens (including phenoxy) is 1. The van der Waals surface area contributed by atoms with Crippen LogP contribution in [0.1, 0.15) is 25.3 Å². The van der Waals surface area contributed by atoms with Gasteiger partial charge in [-0.05, 0) is 37.5 Å². The minimum atomic E-state index is 0. The van der Waals surface area contributed by atoms with Crippen LogP contribution in [-0.4, -0.2) is 78.8 Å². The van der Waals surface area contributed by atoms with E-state index < -0.39 is 0 Å². The van der Waals surface area contributed by atoms with Gasteiger partial charge in [-0.2, -0.15) is 0 Å². The van der Waals surface area contributed by atoms with Gasteiger partial charge in [0.15, 0.2) is 5.96 Å². The summed E-state index contributed by atoms with van der Waals surface area (Å²) in [6, 6.07) is 17.1. The molecule has 0 saturated carbocycles. The molecule has 7 nitrogen and oxygen atoms in total. The summed E-state index contributed by atoms with van der Waals surface area (Å²) in [5.41, 5.74) is 1.37. The van der Waals surface area contributed by atoms with E-state index in [0.29, 0.717) is 6.04 Å². The van der Waals surface area contributed by atoms with Gasteiger partial charge in [0, 0.05) is 52.0 Å². The number of aromatic nitrogens is 1. The number of unbranched alkanes of at least 4 members (excludes halogenated alkanes) is 1. The topological polar surface area (TPSA) is 65.0 Å². The Morgan fingerprint density at radius 3 is 2.76 bits per heavy atom. The van der Waals surface area contributed by atoms with Crippen molar-refractivity contribution in [2.45, 2.75) is 38.5 Å². The molecule has 3 heterocycles. The number of pyridine rings is 1. The Balaban J connectivity index is 0.00000306. The zero-order valence-corrected chi connectivity index (χ0v) is 21.9. The van der Waals surface area contributed by atoms with Gasteiger partial charge in [0.1, 0.15) is 5.82 Å². The van der Waals surface area contributed by atoms with E-state index in [1.165, 1.54) is 5.56 Å². The number of halogens is 1. The van der Waals surface area contributed by atoms with Gasteiger partial charge in [0.25, 0.3) is 0 Å². The van der Waals surface area contributed by atoms with E-state index in [-0.39, 0.29) is 30.1 Å². The zero-order valence-electron chi connectivity index (χ0n) is 19.5. The normalized spacial score (nSPS) is 20.8. The number of nitrogens with one attached hydrogen (secondary N) is 2. The van der Waals surface area contributed by atoms with Crippen molar-refractivity contribution in [2.24, 2.45) is 4.99 Å². The van der Waals surface area contributed by atoms with Crippen LogP contribution >= 0.6 is 24.0 Å². The minimum absolute atomic E-state index is 0. The summed E-state index contributed by atoms with van der Waals surface area (Å²) in [6.45, 7) is 9.39. The van der Waals surface area contributed by atoms with E-state index in [1.807, 2.05) is 24.4 Å². The van der Waals surface area contributed by atoms with Crippen LogP contribution in [0, 0.1) is 0 Å². The van der Waals surface area contributed by atoms with Gasteiger partial charge in [-0.1, -0.05) is 36.4 Å². The van der Waals surface area contributed by atoms with Crippen molar-refractivity contribution in [3.63, 3.8) is 0 Å². The third kappa shape index (κ3) is 7.55. The molecule has 0 aliphatic carbocycles. The highest BCUT2D eigenvalue weighted by Gasteiger charge is 2.41. The molecule has 0 radical (unpaired) electrons. The molecule has 2 aliphatic rings. The number of nitrogens with zero attached hydrogens (tertiary/aromatic N) is 4. The Morgan fingerprint density at radius 1 is 1.12 bits per heavy atom. The molecule has 2 atom stereocenters. The molecule has 2 aromatic rings. The molecule has 0 spiro atoms. The van der Waals surface area contributed by atoms with Crippen LogP contribution in [0.5, 0.6) is 0 Å². The maximum absolute atomic E-state index is 6.15. The number of fused-ring (bicyclic) bond motifs is 1. The van der Waals surface area contributed by atoms with Crippen LogP contribution in [0.2, 0.25) is 0 Å². The lowest BCUT2D eigenvalue weighted by Gasteiger charge is -2.36. The average Bonchev–Trinajstić information content (AvgIpc) is 3.27. The Hall–Kier alpha value is -1.91. The Bertz CT molecular complexity index is 837. The van der Waals surface area contributed by atoms with Crippen LogP contribution in [0.3, 0.4) is 0 Å². The number of hydrogen-bond acceptors (Lipinski definition) is 5. The van der Waals surface area contributed by atoms with Crippen molar-refractivity contribution in [2.75, 3.05) is 51.2 Å². The molecule has 2 N–H and O–H groups in total. The first-order chi connectivity index (χ1) is 15.8. The molecule has 2 fully saturated rings. The third-order valence-corrected chi connectivity index (χ3v) is 6.10. The van der Waals surface area contributed by atoms with E-state index in [9.17, 15) is 0 Å². The SMILES string of the molecule is CCNC(=NCCCCNc1ccccn1)N1CC2OCCN(Cc3ccccc3)C2C1.I. The Labute approximate surface area is 215 Å². The highest BCUT2D eigenvalue weighted by molar-refractivity contribution is 14.0. The molecule has 1 aromatic carbocycles. The second kappa shape index (κ2) is 13.7. The standard InChI is InChI=1S/C25H36N6O.HI/c1-2-26-25(29-15-9-8-14-28-24-12-6-7-13-27-24)31-19-22-23(20-31)32-17-16-30(22)18-21-10-4-3-5-11-21;/h3-7,10-13,22-23H,2,8-9,14-20H2,1H3,(H,26,29)(H,27,28);1H. The summed E-state index contributed by atoms with van der Waals surface area (Å²) >= 11 is 0. The van der Waals surface area contributed by atoms with Gasteiger partial charge in [-0.25, -0.2) is 4.98 Å². The molecule has 4 rings (SSSR count). The van der Waals surface area contributed by atoms with Crippen LogP contribution in [0.25, 0.3) is 0 Å². The van der Waals surface area contributed by atoms with Crippen molar-refractivity contribution in [1.29, 1.82) is 0 Å². The number of anilines is 1. The smallest absolute Gasteiger partial charge is 0.194 e. The number of rotatable bonds is 9. The predicted molar refractivity (Wildman–Crippen MR) is 145 cm³/mol. The quantitative estimate of drug-likeness (QED) is 0.211. The van der Waals surface area contributed by atoms with Gasteiger partial charge < -0.3 is 20.3 Å². The Kier molecular flexibility index (Phi) is 10.7. The van der Waals surface area contributed by atoms with E-state index in [0.717, 1.165) is 77.0 Å². The lowest BCUT2D eigenvalue weighted by molar-refractivity contribution is -0.0502. The van der Waals surface area contributed by atoms with Gasteiger partial charge in [-0.3, -0.25) is 9.89 Å². The summed E-state index contributed by atoms with van der Waals surface area (Å²) in [6.07, 6.45) is 4.18. The summed E-state index contributed by atoms with van der Waals surface area (Å²) in [7, 11) is 0. The van der Waals surface area contributed by atoms with Crippen LogP contribution in [0.4, 0.5) is 5.82 Å². The van der Waals surface area contributed by atoms with E-state index in [1.54, 1.807) is 0 Å². The fourth-order valence-electron chi connectivity index (χ4n) is 4.48. The molecule has 2 saturated heterocycles. The van der Waals surface area contributed by atoms with Crippen molar-refractivity contribution < 1.29 is 4.74 Å². The van der Waals surface area contributed by atoms with Gasteiger partial charge in [0.05, 0.1) is 18.8 Å². The minimum Gasteiger partial charge on any atom is -0.373 e. The van der Waals surface area contributed by atoms with Crippen molar-refractivity contribution in [3.05, 3.63) is 60.3 Å². The second-order valence-electron chi connectivity index (χ2n) is 8.42. The third-order valence-electron chi connectivity index (χ3n) is 6.10. The molecule has 0 amide bonds. The first-order valence-corrected chi connectivity index (χ1v) is 11.9. The second-order valence-corrected chi connectivity index (χ2v) is 8.42. The fraction of sp³-hybridized carbons (Fsp3) is 0.520. The Morgan fingerprint density at radius 2 is 1.97 bits per heavy atom.